The monoisotopic (exact) mass is 278 g/mol. The van der Waals surface area contributed by atoms with Crippen molar-refractivity contribution < 1.29 is 9.53 Å². The molecule has 0 unspecified atom stereocenters. The lowest BCUT2D eigenvalue weighted by atomic mass is 10.1. The van der Waals surface area contributed by atoms with E-state index in [9.17, 15) is 4.79 Å². The summed E-state index contributed by atoms with van der Waals surface area (Å²) in [7, 11) is 0. The van der Waals surface area contributed by atoms with E-state index in [-0.39, 0.29) is 12.0 Å². The molecule has 0 aromatic carbocycles. The number of amides is 1. The number of hydrazine groups is 1. The lowest BCUT2D eigenvalue weighted by Crippen LogP contribution is -2.41. The van der Waals surface area contributed by atoms with Crippen molar-refractivity contribution in [2.45, 2.75) is 32.8 Å². The molecule has 2 rings (SSSR count). The standard InChI is InChI=1S/C14H22N4O2/c1-3-20-12-4-6-18(7-5-12)14(19)11-8-10(2)16-13(9-11)17-15/h8-9,12H,3-7,15H2,1-2H3,(H,16,17). The number of aryl methyl sites for hydroxylation is 1. The van der Waals surface area contributed by atoms with Crippen LogP contribution in [0.15, 0.2) is 12.1 Å². The van der Waals surface area contributed by atoms with Gasteiger partial charge in [0.1, 0.15) is 5.82 Å². The summed E-state index contributed by atoms with van der Waals surface area (Å²) in [5, 5.41) is 0. The molecule has 0 radical (unpaired) electrons. The number of likely N-dealkylation sites (tertiary alicyclic amines) is 1. The van der Waals surface area contributed by atoms with Crippen molar-refractivity contribution in [2.24, 2.45) is 5.84 Å². The molecule has 1 aromatic rings. The van der Waals surface area contributed by atoms with Gasteiger partial charge in [0.05, 0.1) is 6.10 Å². The summed E-state index contributed by atoms with van der Waals surface area (Å²) in [4.78, 5) is 18.5. The van der Waals surface area contributed by atoms with Crippen LogP contribution in [-0.2, 0) is 4.74 Å². The van der Waals surface area contributed by atoms with Crippen LogP contribution in [0.25, 0.3) is 0 Å². The molecule has 1 fully saturated rings. The van der Waals surface area contributed by atoms with E-state index in [4.69, 9.17) is 10.6 Å². The predicted molar refractivity (Wildman–Crippen MR) is 77.3 cm³/mol. The van der Waals surface area contributed by atoms with Gasteiger partial charge in [0.2, 0.25) is 0 Å². The smallest absolute Gasteiger partial charge is 0.254 e. The number of nitrogens with two attached hydrogens (primary N) is 1. The Morgan fingerprint density at radius 3 is 2.80 bits per heavy atom. The number of hydrogen-bond acceptors (Lipinski definition) is 5. The molecule has 0 aliphatic carbocycles. The molecular formula is C14H22N4O2. The number of aromatic nitrogens is 1. The molecule has 6 heteroatoms. The van der Waals surface area contributed by atoms with Crippen LogP contribution in [0.2, 0.25) is 0 Å². The summed E-state index contributed by atoms with van der Waals surface area (Å²) >= 11 is 0. The van der Waals surface area contributed by atoms with Crippen molar-refractivity contribution in [3.05, 3.63) is 23.4 Å². The lowest BCUT2D eigenvalue weighted by Gasteiger charge is -2.31. The fourth-order valence-corrected chi connectivity index (χ4v) is 2.51. The number of nitrogens with one attached hydrogen (secondary N) is 1. The maximum Gasteiger partial charge on any atom is 0.254 e. The maximum atomic E-state index is 12.5. The Morgan fingerprint density at radius 2 is 2.20 bits per heavy atom. The van der Waals surface area contributed by atoms with Gasteiger partial charge < -0.3 is 15.1 Å². The van der Waals surface area contributed by atoms with Crippen molar-refractivity contribution in [3.63, 3.8) is 0 Å². The maximum absolute atomic E-state index is 12.5. The zero-order valence-corrected chi connectivity index (χ0v) is 12.1. The van der Waals surface area contributed by atoms with Crippen molar-refractivity contribution in [2.75, 3.05) is 25.1 Å². The highest BCUT2D eigenvalue weighted by atomic mass is 16.5. The number of hydrogen-bond donors (Lipinski definition) is 2. The summed E-state index contributed by atoms with van der Waals surface area (Å²) in [5.74, 6) is 5.90. The van der Waals surface area contributed by atoms with Crippen LogP contribution in [0.3, 0.4) is 0 Å². The number of piperidine rings is 1. The van der Waals surface area contributed by atoms with Gasteiger partial charge in [-0.05, 0) is 38.8 Å². The van der Waals surface area contributed by atoms with E-state index in [2.05, 4.69) is 10.4 Å². The van der Waals surface area contributed by atoms with Crippen LogP contribution in [0.5, 0.6) is 0 Å². The van der Waals surface area contributed by atoms with Gasteiger partial charge in [-0.3, -0.25) is 4.79 Å². The highest BCUT2D eigenvalue weighted by Crippen LogP contribution is 2.18. The average molecular weight is 278 g/mol. The molecule has 3 N–H and O–H groups in total. The Bertz CT molecular complexity index is 470. The number of ether oxygens (including phenoxy) is 1. The van der Waals surface area contributed by atoms with Crippen LogP contribution >= 0.6 is 0 Å². The molecule has 0 spiro atoms. The molecule has 6 nitrogen and oxygen atoms in total. The molecular weight excluding hydrogens is 256 g/mol. The molecule has 1 aliphatic rings. The van der Waals surface area contributed by atoms with Crippen molar-refractivity contribution >= 4 is 11.7 Å². The van der Waals surface area contributed by atoms with Crippen LogP contribution in [0, 0.1) is 6.92 Å². The van der Waals surface area contributed by atoms with Gasteiger partial charge >= 0.3 is 0 Å². The minimum atomic E-state index is 0.0296. The fraction of sp³-hybridized carbons (Fsp3) is 0.571. The minimum absolute atomic E-state index is 0.0296. The molecule has 0 saturated carbocycles. The zero-order valence-electron chi connectivity index (χ0n) is 12.1. The first-order valence-electron chi connectivity index (χ1n) is 7.00. The number of pyridine rings is 1. The Hall–Kier alpha value is -1.66. The number of carbonyl (C=O) groups is 1. The molecule has 1 saturated heterocycles. The minimum Gasteiger partial charge on any atom is -0.378 e. The van der Waals surface area contributed by atoms with E-state index >= 15 is 0 Å². The van der Waals surface area contributed by atoms with Gasteiger partial charge in [-0.15, -0.1) is 0 Å². The quantitative estimate of drug-likeness (QED) is 0.641. The van der Waals surface area contributed by atoms with Crippen molar-refractivity contribution in [1.82, 2.24) is 9.88 Å². The summed E-state index contributed by atoms with van der Waals surface area (Å²) in [6.07, 6.45) is 2.07. The Balaban J connectivity index is 2.03. The highest BCUT2D eigenvalue weighted by Gasteiger charge is 2.24. The fourth-order valence-electron chi connectivity index (χ4n) is 2.51. The molecule has 0 bridgehead atoms. The van der Waals surface area contributed by atoms with E-state index < -0.39 is 0 Å². The number of nitrogen functional groups attached to an aromatic ring is 1. The molecule has 0 atom stereocenters. The average Bonchev–Trinajstić information content (AvgIpc) is 2.47. The van der Waals surface area contributed by atoms with Crippen LogP contribution < -0.4 is 11.3 Å². The Kier molecular flexibility index (Phi) is 4.92. The molecule has 1 amide bonds. The second-order valence-electron chi connectivity index (χ2n) is 4.97. The van der Waals surface area contributed by atoms with Gasteiger partial charge in [0.25, 0.3) is 5.91 Å². The Labute approximate surface area is 119 Å². The van der Waals surface area contributed by atoms with Crippen LogP contribution in [-0.4, -0.2) is 41.6 Å². The van der Waals surface area contributed by atoms with E-state index in [0.717, 1.165) is 38.2 Å². The lowest BCUT2D eigenvalue weighted by molar-refractivity contribution is 0.0146. The van der Waals surface area contributed by atoms with E-state index in [0.29, 0.717) is 11.4 Å². The topological polar surface area (TPSA) is 80.5 Å². The van der Waals surface area contributed by atoms with Crippen LogP contribution in [0.1, 0.15) is 35.8 Å². The van der Waals surface area contributed by atoms with Crippen molar-refractivity contribution in [3.8, 4) is 0 Å². The summed E-state index contributed by atoms with van der Waals surface area (Å²) in [5.41, 5.74) is 3.88. The second-order valence-corrected chi connectivity index (χ2v) is 4.97. The number of carbonyl (C=O) groups excluding carboxylic acids is 1. The van der Waals surface area contributed by atoms with Gasteiger partial charge in [0.15, 0.2) is 0 Å². The molecule has 20 heavy (non-hydrogen) atoms. The second kappa shape index (κ2) is 6.67. The first kappa shape index (κ1) is 14.7. The molecule has 1 aromatic heterocycles. The first-order valence-corrected chi connectivity index (χ1v) is 7.00. The largest absolute Gasteiger partial charge is 0.378 e. The Morgan fingerprint density at radius 1 is 1.50 bits per heavy atom. The summed E-state index contributed by atoms with van der Waals surface area (Å²) in [6.45, 7) is 6.04. The third-order valence-corrected chi connectivity index (χ3v) is 3.48. The van der Waals surface area contributed by atoms with Gasteiger partial charge in [-0.1, -0.05) is 0 Å². The molecule has 2 heterocycles. The number of anilines is 1. The van der Waals surface area contributed by atoms with Crippen LogP contribution in [0.4, 0.5) is 5.82 Å². The number of rotatable bonds is 4. The highest BCUT2D eigenvalue weighted by molar-refractivity contribution is 5.95. The summed E-state index contributed by atoms with van der Waals surface area (Å²) < 4.78 is 5.60. The van der Waals surface area contributed by atoms with E-state index in [1.165, 1.54) is 0 Å². The summed E-state index contributed by atoms with van der Waals surface area (Å²) in [6, 6.07) is 3.47. The van der Waals surface area contributed by atoms with Gasteiger partial charge in [-0.2, -0.15) is 0 Å². The number of nitrogens with zero attached hydrogens (tertiary/aromatic N) is 2. The van der Waals surface area contributed by atoms with E-state index in [1.807, 2.05) is 18.7 Å². The third kappa shape index (κ3) is 3.46. The van der Waals surface area contributed by atoms with Gasteiger partial charge in [-0.25, -0.2) is 10.8 Å². The first-order chi connectivity index (χ1) is 9.63. The normalized spacial score (nSPS) is 16.2. The van der Waals surface area contributed by atoms with E-state index in [1.54, 1.807) is 12.1 Å². The zero-order chi connectivity index (χ0) is 14.5. The predicted octanol–water partition coefficient (Wildman–Crippen LogP) is 1.32. The SMILES string of the molecule is CCOC1CCN(C(=O)c2cc(C)nc(NN)c2)CC1. The van der Waals surface area contributed by atoms with Gasteiger partial charge in [0, 0.05) is 31.0 Å². The van der Waals surface area contributed by atoms with Crippen molar-refractivity contribution in [1.29, 1.82) is 0 Å². The third-order valence-electron chi connectivity index (χ3n) is 3.48. The molecule has 1 aliphatic heterocycles. The molecule has 110 valence electrons.